The van der Waals surface area contributed by atoms with Crippen LogP contribution in [0.1, 0.15) is 29.6 Å². The number of Topliss-reactive ketones (excluding diaryl/α,β-unsaturated/α-hetero) is 1. The molecule has 0 atom stereocenters. The van der Waals surface area contributed by atoms with Crippen LogP contribution in [0.2, 0.25) is 5.02 Å². The van der Waals surface area contributed by atoms with Crippen molar-refractivity contribution in [1.82, 2.24) is 4.90 Å². The van der Waals surface area contributed by atoms with Gasteiger partial charge in [-0.2, -0.15) is 0 Å². The lowest BCUT2D eigenvalue weighted by Gasteiger charge is -2.20. The average Bonchev–Trinajstić information content (AvgIpc) is 3.06. The Balaban J connectivity index is 1.76. The maximum atomic E-state index is 14.0. The number of amides is 1. The van der Waals surface area contributed by atoms with Crippen molar-refractivity contribution in [2.75, 3.05) is 31.1 Å². The summed E-state index contributed by atoms with van der Waals surface area (Å²) in [6.45, 7) is 3.34. The van der Waals surface area contributed by atoms with Crippen molar-refractivity contribution >= 4 is 29.0 Å². The number of likely N-dealkylation sites (tertiary alicyclic amines) is 1. The number of rotatable bonds is 4. The molecule has 1 aromatic carbocycles. The van der Waals surface area contributed by atoms with Gasteiger partial charge in [0.15, 0.2) is 0 Å². The molecule has 0 bridgehead atoms. The van der Waals surface area contributed by atoms with Crippen LogP contribution in [0, 0.1) is 5.82 Å². The quantitative estimate of drug-likeness (QED) is 0.802. The first-order chi connectivity index (χ1) is 10.1. The van der Waals surface area contributed by atoms with Crippen LogP contribution in [-0.4, -0.2) is 42.8 Å². The highest BCUT2D eigenvalue weighted by Crippen LogP contribution is 2.36. The van der Waals surface area contributed by atoms with Crippen molar-refractivity contribution in [2.45, 2.75) is 19.3 Å². The molecular weight excluding hydrogens is 295 g/mol. The van der Waals surface area contributed by atoms with E-state index in [1.807, 2.05) is 0 Å². The lowest BCUT2D eigenvalue weighted by molar-refractivity contribution is -0.114. The van der Waals surface area contributed by atoms with E-state index in [0.29, 0.717) is 13.0 Å². The van der Waals surface area contributed by atoms with Crippen LogP contribution in [0.15, 0.2) is 12.1 Å². The lowest BCUT2D eigenvalue weighted by Crippen LogP contribution is -2.33. The molecule has 21 heavy (non-hydrogen) atoms. The Labute approximate surface area is 127 Å². The zero-order valence-corrected chi connectivity index (χ0v) is 12.3. The average molecular weight is 311 g/mol. The topological polar surface area (TPSA) is 40.6 Å². The van der Waals surface area contributed by atoms with E-state index < -0.39 is 17.5 Å². The number of fused-ring (bicyclic) bond motifs is 1. The molecule has 0 unspecified atom stereocenters. The van der Waals surface area contributed by atoms with Crippen LogP contribution in [0.25, 0.3) is 0 Å². The normalized spacial score (nSPS) is 18.7. The monoisotopic (exact) mass is 310 g/mol. The van der Waals surface area contributed by atoms with E-state index in [4.69, 9.17) is 11.6 Å². The first-order valence-electron chi connectivity index (χ1n) is 7.16. The van der Waals surface area contributed by atoms with Crippen molar-refractivity contribution in [3.8, 4) is 0 Å². The predicted octanol–water partition coefficient (Wildman–Crippen LogP) is 2.49. The molecular formula is C15H16ClFN2O2. The molecule has 0 aliphatic carbocycles. The standard InChI is InChI=1S/C15H16ClFN2O2/c16-10-4-5-11(17)13-12(10)14(20)15(21)19(13)9-3-8-18-6-1-2-7-18/h4-5H,1-3,6-9H2. The summed E-state index contributed by atoms with van der Waals surface area (Å²) in [5, 5.41) is 0.131. The van der Waals surface area contributed by atoms with Gasteiger partial charge >= 0.3 is 0 Å². The number of benzene rings is 1. The summed E-state index contributed by atoms with van der Waals surface area (Å²) in [6.07, 6.45) is 3.12. The maximum absolute atomic E-state index is 14.0. The molecule has 0 aromatic heterocycles. The Bertz CT molecular complexity index is 600. The molecule has 0 radical (unpaired) electrons. The summed E-state index contributed by atoms with van der Waals surface area (Å²) in [5.74, 6) is -1.97. The number of carbonyl (C=O) groups excluding carboxylic acids is 2. The highest BCUT2D eigenvalue weighted by atomic mass is 35.5. The zero-order chi connectivity index (χ0) is 15.0. The third-order valence-corrected chi connectivity index (χ3v) is 4.38. The molecule has 4 nitrogen and oxygen atoms in total. The Morgan fingerprint density at radius 2 is 1.86 bits per heavy atom. The van der Waals surface area contributed by atoms with E-state index in [1.165, 1.54) is 29.9 Å². The smallest absolute Gasteiger partial charge is 0.299 e. The lowest BCUT2D eigenvalue weighted by atomic mass is 10.1. The van der Waals surface area contributed by atoms with Crippen molar-refractivity contribution in [2.24, 2.45) is 0 Å². The van der Waals surface area contributed by atoms with E-state index in [2.05, 4.69) is 4.90 Å². The fourth-order valence-corrected chi connectivity index (χ4v) is 3.26. The van der Waals surface area contributed by atoms with Gasteiger partial charge in [-0.1, -0.05) is 11.6 Å². The van der Waals surface area contributed by atoms with Gasteiger partial charge in [-0.05, 0) is 51.0 Å². The minimum atomic E-state index is -0.712. The van der Waals surface area contributed by atoms with E-state index in [1.54, 1.807) is 0 Å². The third kappa shape index (κ3) is 2.56. The van der Waals surface area contributed by atoms with Crippen LogP contribution in [0.4, 0.5) is 10.1 Å². The van der Waals surface area contributed by atoms with Gasteiger partial charge in [0.1, 0.15) is 5.82 Å². The second-order valence-electron chi connectivity index (χ2n) is 5.44. The van der Waals surface area contributed by atoms with E-state index in [0.717, 1.165) is 19.6 Å². The summed E-state index contributed by atoms with van der Waals surface area (Å²) in [5.41, 5.74) is 0.0433. The number of nitrogens with zero attached hydrogens (tertiary/aromatic N) is 2. The van der Waals surface area contributed by atoms with Gasteiger partial charge in [0.25, 0.3) is 11.7 Å². The molecule has 2 aliphatic heterocycles. The first-order valence-corrected chi connectivity index (χ1v) is 7.54. The summed E-state index contributed by atoms with van der Waals surface area (Å²) < 4.78 is 14.0. The van der Waals surface area contributed by atoms with Gasteiger partial charge in [-0.15, -0.1) is 0 Å². The Kier molecular flexibility index (Phi) is 3.95. The van der Waals surface area contributed by atoms with Crippen LogP contribution in [0.3, 0.4) is 0 Å². The van der Waals surface area contributed by atoms with Gasteiger partial charge in [-0.3, -0.25) is 9.59 Å². The second-order valence-corrected chi connectivity index (χ2v) is 5.85. The minimum absolute atomic E-state index is 0.00263. The molecule has 0 saturated carbocycles. The van der Waals surface area contributed by atoms with Crippen molar-refractivity contribution < 1.29 is 14.0 Å². The van der Waals surface area contributed by atoms with E-state index >= 15 is 0 Å². The van der Waals surface area contributed by atoms with Gasteiger partial charge in [0.2, 0.25) is 0 Å². The third-order valence-electron chi connectivity index (χ3n) is 4.07. The molecule has 112 valence electrons. The Morgan fingerprint density at radius 3 is 2.57 bits per heavy atom. The zero-order valence-electron chi connectivity index (χ0n) is 11.6. The number of hydrogen-bond acceptors (Lipinski definition) is 3. The molecule has 3 rings (SSSR count). The number of halogens is 2. The van der Waals surface area contributed by atoms with Crippen molar-refractivity contribution in [3.63, 3.8) is 0 Å². The molecule has 2 heterocycles. The largest absolute Gasteiger partial charge is 0.303 e. The highest BCUT2D eigenvalue weighted by molar-refractivity contribution is 6.55. The minimum Gasteiger partial charge on any atom is -0.303 e. The molecule has 0 spiro atoms. The SMILES string of the molecule is O=C1C(=O)N(CCCN2CCCC2)c2c(F)ccc(Cl)c21. The van der Waals surface area contributed by atoms with E-state index in [9.17, 15) is 14.0 Å². The number of hydrogen-bond donors (Lipinski definition) is 0. The number of anilines is 1. The Hall–Kier alpha value is -1.46. The molecule has 0 N–H and O–H groups in total. The fourth-order valence-electron chi connectivity index (χ4n) is 3.02. The van der Waals surface area contributed by atoms with Crippen molar-refractivity contribution in [1.29, 1.82) is 0 Å². The summed E-state index contributed by atoms with van der Waals surface area (Å²) >= 11 is 5.93. The first kappa shape index (κ1) is 14.5. The molecule has 6 heteroatoms. The van der Waals surface area contributed by atoms with E-state index in [-0.39, 0.29) is 16.3 Å². The van der Waals surface area contributed by atoms with Gasteiger partial charge in [-0.25, -0.2) is 4.39 Å². The van der Waals surface area contributed by atoms with Crippen LogP contribution in [0.5, 0.6) is 0 Å². The van der Waals surface area contributed by atoms with Crippen LogP contribution in [-0.2, 0) is 4.79 Å². The van der Waals surface area contributed by atoms with Gasteiger partial charge < -0.3 is 9.80 Å². The number of carbonyl (C=O) groups is 2. The summed E-state index contributed by atoms with van der Waals surface area (Å²) in [4.78, 5) is 27.5. The molecule has 1 aromatic rings. The molecule has 1 saturated heterocycles. The molecule has 1 amide bonds. The Morgan fingerprint density at radius 1 is 1.14 bits per heavy atom. The van der Waals surface area contributed by atoms with Gasteiger partial charge in [0, 0.05) is 6.54 Å². The predicted molar refractivity (Wildman–Crippen MR) is 78.4 cm³/mol. The fraction of sp³-hybridized carbons (Fsp3) is 0.467. The highest BCUT2D eigenvalue weighted by Gasteiger charge is 2.39. The summed E-state index contributed by atoms with van der Waals surface area (Å²) in [6, 6.07) is 2.51. The second kappa shape index (κ2) is 5.73. The van der Waals surface area contributed by atoms with Crippen LogP contribution < -0.4 is 4.90 Å². The van der Waals surface area contributed by atoms with Crippen molar-refractivity contribution in [3.05, 3.63) is 28.5 Å². The molecule has 2 aliphatic rings. The van der Waals surface area contributed by atoms with Crippen LogP contribution >= 0.6 is 11.6 Å². The molecule has 1 fully saturated rings. The summed E-state index contributed by atoms with van der Waals surface area (Å²) in [7, 11) is 0. The van der Waals surface area contributed by atoms with Gasteiger partial charge in [0.05, 0.1) is 16.3 Å². The maximum Gasteiger partial charge on any atom is 0.299 e. The number of ketones is 1.